The van der Waals surface area contributed by atoms with E-state index in [0.717, 1.165) is 28.4 Å². The van der Waals surface area contributed by atoms with Crippen LogP contribution in [0.3, 0.4) is 0 Å². The molecular formula is C28H31N3O5S. The Balaban J connectivity index is 1.42. The first kappa shape index (κ1) is 26.2. The molecule has 8 nitrogen and oxygen atoms in total. The van der Waals surface area contributed by atoms with Crippen molar-refractivity contribution < 1.29 is 22.7 Å². The van der Waals surface area contributed by atoms with Crippen LogP contribution < -0.4 is 14.4 Å². The number of hydrogen-bond donors (Lipinski definition) is 1. The summed E-state index contributed by atoms with van der Waals surface area (Å²) in [6.07, 6.45) is 1.51. The summed E-state index contributed by atoms with van der Waals surface area (Å²) in [4.78, 5) is 26.6. The summed E-state index contributed by atoms with van der Waals surface area (Å²) in [5, 5.41) is 2.82. The lowest BCUT2D eigenvalue weighted by Gasteiger charge is -2.24. The molecule has 1 heterocycles. The number of nitrogens with zero attached hydrogens (tertiary/aromatic N) is 2. The Morgan fingerprint density at radius 1 is 0.973 bits per heavy atom. The number of nitrogens with one attached hydrogen (secondary N) is 1. The van der Waals surface area contributed by atoms with Crippen molar-refractivity contribution in [3.8, 4) is 5.75 Å². The maximum absolute atomic E-state index is 13.5. The molecule has 1 saturated heterocycles. The molecule has 0 aromatic heterocycles. The van der Waals surface area contributed by atoms with E-state index in [9.17, 15) is 18.0 Å². The minimum Gasteiger partial charge on any atom is -0.494 e. The average molecular weight is 522 g/mol. The molecule has 194 valence electrons. The van der Waals surface area contributed by atoms with Crippen LogP contribution >= 0.6 is 0 Å². The highest BCUT2D eigenvalue weighted by Gasteiger charge is 2.27. The van der Waals surface area contributed by atoms with Gasteiger partial charge in [-0.05, 0) is 60.9 Å². The Morgan fingerprint density at radius 2 is 1.65 bits per heavy atom. The first-order valence-electron chi connectivity index (χ1n) is 12.3. The number of likely N-dealkylation sites (tertiary alicyclic amines) is 1. The Morgan fingerprint density at radius 3 is 2.27 bits per heavy atom. The SMILES string of the molecule is CCOc1ccc(S(=O)(=O)N(CC(=O)NCc2ccc(CN3CCCC3=O)cc2)c2ccccc2)cc1. The lowest BCUT2D eigenvalue weighted by molar-refractivity contribution is -0.128. The number of sulfonamides is 1. The minimum absolute atomic E-state index is 0.0691. The second kappa shape index (κ2) is 11.9. The van der Waals surface area contributed by atoms with Gasteiger partial charge >= 0.3 is 0 Å². The number of carbonyl (C=O) groups is 2. The van der Waals surface area contributed by atoms with Crippen LogP contribution in [0, 0.1) is 0 Å². The summed E-state index contributed by atoms with van der Waals surface area (Å²) in [5.74, 6) is 0.327. The molecule has 3 aromatic rings. The van der Waals surface area contributed by atoms with E-state index in [-0.39, 0.29) is 23.9 Å². The van der Waals surface area contributed by atoms with Gasteiger partial charge in [-0.2, -0.15) is 0 Å². The fraction of sp³-hybridized carbons (Fsp3) is 0.286. The normalized spacial score (nSPS) is 13.4. The van der Waals surface area contributed by atoms with E-state index < -0.39 is 15.9 Å². The van der Waals surface area contributed by atoms with Crippen molar-refractivity contribution in [3.63, 3.8) is 0 Å². The molecule has 1 aliphatic rings. The number of benzene rings is 3. The van der Waals surface area contributed by atoms with Gasteiger partial charge in [-0.15, -0.1) is 0 Å². The van der Waals surface area contributed by atoms with Gasteiger partial charge in [0.2, 0.25) is 11.8 Å². The molecule has 0 unspecified atom stereocenters. The summed E-state index contributed by atoms with van der Waals surface area (Å²) >= 11 is 0. The zero-order valence-corrected chi connectivity index (χ0v) is 21.6. The lowest BCUT2D eigenvalue weighted by atomic mass is 10.1. The molecular weight excluding hydrogens is 490 g/mol. The van der Waals surface area contributed by atoms with Gasteiger partial charge < -0.3 is 15.0 Å². The van der Waals surface area contributed by atoms with Crippen LogP contribution in [0.5, 0.6) is 5.75 Å². The first-order valence-corrected chi connectivity index (χ1v) is 13.7. The van der Waals surface area contributed by atoms with Gasteiger partial charge in [-0.25, -0.2) is 8.42 Å². The molecule has 1 aliphatic heterocycles. The van der Waals surface area contributed by atoms with E-state index in [1.165, 1.54) is 12.1 Å². The molecule has 1 fully saturated rings. The number of ether oxygens (including phenoxy) is 1. The van der Waals surface area contributed by atoms with Gasteiger partial charge in [-0.3, -0.25) is 13.9 Å². The van der Waals surface area contributed by atoms with Crippen LogP contribution in [0.25, 0.3) is 0 Å². The van der Waals surface area contributed by atoms with Gasteiger partial charge in [0.15, 0.2) is 0 Å². The number of anilines is 1. The van der Waals surface area contributed by atoms with Gasteiger partial charge in [0.05, 0.1) is 17.2 Å². The Labute approximate surface area is 217 Å². The van der Waals surface area contributed by atoms with E-state index in [4.69, 9.17) is 4.74 Å². The average Bonchev–Trinajstić information content (AvgIpc) is 3.31. The van der Waals surface area contributed by atoms with Gasteiger partial charge in [0.1, 0.15) is 12.3 Å². The summed E-state index contributed by atoms with van der Waals surface area (Å²) in [6.45, 7) is 3.59. The zero-order chi connectivity index (χ0) is 26.3. The minimum atomic E-state index is -4.00. The smallest absolute Gasteiger partial charge is 0.264 e. The highest BCUT2D eigenvalue weighted by atomic mass is 32.2. The molecule has 0 aliphatic carbocycles. The predicted octanol–water partition coefficient (Wildman–Crippen LogP) is 3.72. The van der Waals surface area contributed by atoms with Crippen LogP contribution in [0.2, 0.25) is 0 Å². The van der Waals surface area contributed by atoms with Crippen molar-refractivity contribution in [2.45, 2.75) is 37.8 Å². The van der Waals surface area contributed by atoms with Crippen molar-refractivity contribution in [3.05, 3.63) is 90.0 Å². The molecule has 2 amide bonds. The molecule has 9 heteroatoms. The largest absolute Gasteiger partial charge is 0.494 e. The number of para-hydroxylation sites is 1. The number of hydrogen-bond acceptors (Lipinski definition) is 5. The van der Waals surface area contributed by atoms with Crippen LogP contribution in [-0.4, -0.2) is 44.8 Å². The fourth-order valence-electron chi connectivity index (χ4n) is 4.15. The molecule has 4 rings (SSSR count). The Bertz CT molecular complexity index is 1310. The molecule has 0 saturated carbocycles. The van der Waals surface area contributed by atoms with Crippen LogP contribution in [0.1, 0.15) is 30.9 Å². The predicted molar refractivity (Wildman–Crippen MR) is 142 cm³/mol. The summed E-state index contributed by atoms with van der Waals surface area (Å²) in [5.41, 5.74) is 2.31. The Kier molecular flexibility index (Phi) is 8.45. The molecule has 1 N–H and O–H groups in total. The van der Waals surface area contributed by atoms with Crippen LogP contribution in [0.4, 0.5) is 5.69 Å². The van der Waals surface area contributed by atoms with Gasteiger partial charge in [-0.1, -0.05) is 42.5 Å². The summed E-state index contributed by atoms with van der Waals surface area (Å²) in [6, 6.07) is 22.4. The van der Waals surface area contributed by atoms with Crippen molar-refractivity contribution in [1.82, 2.24) is 10.2 Å². The number of amides is 2. The molecule has 0 bridgehead atoms. The maximum atomic E-state index is 13.5. The highest BCUT2D eigenvalue weighted by Crippen LogP contribution is 2.25. The third kappa shape index (κ3) is 6.68. The van der Waals surface area contributed by atoms with E-state index in [0.29, 0.717) is 31.0 Å². The van der Waals surface area contributed by atoms with Crippen molar-refractivity contribution in [2.75, 3.05) is 24.0 Å². The topological polar surface area (TPSA) is 96.0 Å². The summed E-state index contributed by atoms with van der Waals surface area (Å²) in [7, 11) is -4.00. The zero-order valence-electron chi connectivity index (χ0n) is 20.8. The van der Waals surface area contributed by atoms with Crippen molar-refractivity contribution >= 4 is 27.5 Å². The number of rotatable bonds is 11. The lowest BCUT2D eigenvalue weighted by Crippen LogP contribution is -2.40. The third-order valence-corrected chi connectivity index (χ3v) is 7.90. The second-order valence-corrected chi connectivity index (χ2v) is 10.6. The van der Waals surface area contributed by atoms with Crippen LogP contribution in [-0.2, 0) is 32.7 Å². The molecule has 0 spiro atoms. The molecule has 37 heavy (non-hydrogen) atoms. The quantitative estimate of drug-likeness (QED) is 0.415. The Hall–Kier alpha value is -3.85. The van der Waals surface area contributed by atoms with Crippen LogP contribution in [0.15, 0.2) is 83.8 Å². The second-order valence-electron chi connectivity index (χ2n) is 8.76. The van der Waals surface area contributed by atoms with Crippen molar-refractivity contribution in [2.24, 2.45) is 0 Å². The van der Waals surface area contributed by atoms with E-state index in [1.807, 2.05) is 36.1 Å². The summed E-state index contributed by atoms with van der Waals surface area (Å²) < 4.78 is 33.5. The highest BCUT2D eigenvalue weighted by molar-refractivity contribution is 7.92. The third-order valence-electron chi connectivity index (χ3n) is 6.11. The van der Waals surface area contributed by atoms with Gasteiger partial charge in [0.25, 0.3) is 10.0 Å². The first-order chi connectivity index (χ1) is 17.9. The monoisotopic (exact) mass is 521 g/mol. The molecule has 0 radical (unpaired) electrons. The maximum Gasteiger partial charge on any atom is 0.264 e. The molecule has 0 atom stereocenters. The standard InChI is InChI=1S/C28H31N3O5S/c1-2-36-25-14-16-26(17-15-25)37(34,35)31(24-7-4-3-5-8-24)21-27(32)29-19-22-10-12-23(13-11-22)20-30-18-6-9-28(30)33/h3-5,7-8,10-17H,2,6,9,18-21H2,1H3,(H,29,32). The van der Waals surface area contributed by atoms with E-state index >= 15 is 0 Å². The van der Waals surface area contributed by atoms with E-state index in [2.05, 4.69) is 5.32 Å². The fourth-order valence-corrected chi connectivity index (χ4v) is 5.57. The van der Waals surface area contributed by atoms with Gasteiger partial charge in [0, 0.05) is 26.1 Å². The number of carbonyl (C=O) groups excluding carboxylic acids is 2. The van der Waals surface area contributed by atoms with Crippen molar-refractivity contribution in [1.29, 1.82) is 0 Å². The van der Waals surface area contributed by atoms with E-state index in [1.54, 1.807) is 42.5 Å². The molecule has 3 aromatic carbocycles.